The van der Waals surface area contributed by atoms with E-state index in [1.807, 2.05) is 17.1 Å². The lowest BCUT2D eigenvalue weighted by Crippen LogP contribution is -2.35. The first-order valence-corrected chi connectivity index (χ1v) is 5.02. The Labute approximate surface area is 83.4 Å². The average Bonchev–Trinajstić information content (AvgIpc) is 2.75. The molecule has 1 aromatic carbocycles. The van der Waals surface area contributed by atoms with Gasteiger partial charge >= 0.3 is 0 Å². The Bertz CT molecular complexity index is 362. The number of nitrogens with zero attached hydrogens (tertiary/aromatic N) is 1. The zero-order valence-electron chi connectivity index (χ0n) is 8.07. The summed E-state index contributed by atoms with van der Waals surface area (Å²) in [6.45, 7) is 2.68. The van der Waals surface area contributed by atoms with Gasteiger partial charge in [0.1, 0.15) is 5.75 Å². The van der Waals surface area contributed by atoms with Crippen LogP contribution in [0.25, 0.3) is 0 Å². The lowest BCUT2D eigenvalue weighted by molar-refractivity contribution is 0.253. The number of nitrogens with two attached hydrogens (primary N) is 1. The largest absolute Gasteiger partial charge is 0.492 e. The summed E-state index contributed by atoms with van der Waals surface area (Å²) in [5.74, 6) is 6.87. The Morgan fingerprint density at radius 1 is 1.36 bits per heavy atom. The van der Waals surface area contributed by atoms with Crippen LogP contribution in [-0.2, 0) is 5.41 Å². The summed E-state index contributed by atoms with van der Waals surface area (Å²) in [6, 6.07) is 8.31. The summed E-state index contributed by atoms with van der Waals surface area (Å²) in [6.07, 6.45) is 1.11. The van der Waals surface area contributed by atoms with Crippen molar-refractivity contribution in [1.29, 1.82) is 0 Å². The van der Waals surface area contributed by atoms with E-state index >= 15 is 0 Å². The molecule has 0 radical (unpaired) electrons. The van der Waals surface area contributed by atoms with E-state index in [1.165, 1.54) is 5.56 Å². The highest BCUT2D eigenvalue weighted by Gasteiger charge is 2.44. The van der Waals surface area contributed by atoms with E-state index in [-0.39, 0.29) is 5.41 Å². The maximum Gasteiger partial charge on any atom is 0.123 e. The molecule has 1 aromatic rings. The summed E-state index contributed by atoms with van der Waals surface area (Å²) < 4.78 is 5.70. The van der Waals surface area contributed by atoms with Gasteiger partial charge in [-0.3, -0.25) is 5.84 Å². The van der Waals surface area contributed by atoms with Crippen LogP contribution in [0.3, 0.4) is 0 Å². The number of para-hydroxylation sites is 1. The van der Waals surface area contributed by atoms with Crippen molar-refractivity contribution in [2.24, 2.45) is 5.84 Å². The van der Waals surface area contributed by atoms with E-state index in [9.17, 15) is 0 Å². The molecular formula is C11H14N2O. The lowest BCUT2D eigenvalue weighted by atomic mass is 9.82. The molecule has 14 heavy (non-hydrogen) atoms. The molecule has 2 aliphatic heterocycles. The molecule has 1 saturated heterocycles. The standard InChI is InChI=1S/C11H14N2O/c12-13-6-5-11(7-13)8-14-10-4-2-1-3-9(10)11/h1-4H,5-8,12H2. The Balaban J connectivity index is 2.05. The minimum atomic E-state index is 0.172. The molecule has 0 aromatic heterocycles. The highest BCUT2D eigenvalue weighted by Crippen LogP contribution is 2.43. The number of hydrogen-bond acceptors (Lipinski definition) is 3. The summed E-state index contributed by atoms with van der Waals surface area (Å²) >= 11 is 0. The van der Waals surface area contributed by atoms with Crippen LogP contribution in [0.4, 0.5) is 0 Å². The molecule has 1 atom stereocenters. The molecule has 1 unspecified atom stereocenters. The fourth-order valence-electron chi connectivity index (χ4n) is 2.57. The third-order valence-electron chi connectivity index (χ3n) is 3.35. The van der Waals surface area contributed by atoms with E-state index in [2.05, 4.69) is 12.1 Å². The third-order valence-corrected chi connectivity index (χ3v) is 3.35. The van der Waals surface area contributed by atoms with Gasteiger partial charge in [-0.15, -0.1) is 0 Å². The van der Waals surface area contributed by atoms with Gasteiger partial charge in [-0.25, -0.2) is 5.01 Å². The van der Waals surface area contributed by atoms with Crippen molar-refractivity contribution in [2.45, 2.75) is 11.8 Å². The second-order valence-electron chi connectivity index (χ2n) is 4.29. The lowest BCUT2D eigenvalue weighted by Gasteiger charge is -2.20. The van der Waals surface area contributed by atoms with Crippen LogP contribution in [0.1, 0.15) is 12.0 Å². The average molecular weight is 190 g/mol. The number of fused-ring (bicyclic) bond motifs is 2. The molecule has 2 heterocycles. The predicted octanol–water partition coefficient (Wildman–Crippen LogP) is 0.896. The Morgan fingerprint density at radius 2 is 2.21 bits per heavy atom. The third kappa shape index (κ3) is 0.996. The number of ether oxygens (including phenoxy) is 1. The van der Waals surface area contributed by atoms with Gasteiger partial charge in [-0.1, -0.05) is 18.2 Å². The summed E-state index contributed by atoms with van der Waals surface area (Å²) in [5, 5.41) is 1.89. The fourth-order valence-corrected chi connectivity index (χ4v) is 2.57. The fraction of sp³-hybridized carbons (Fsp3) is 0.455. The molecule has 0 bridgehead atoms. The SMILES string of the molecule is NN1CCC2(COc3ccccc32)C1. The Kier molecular flexibility index (Phi) is 1.60. The van der Waals surface area contributed by atoms with Crippen LogP contribution in [0, 0.1) is 0 Å². The first-order chi connectivity index (χ1) is 6.80. The van der Waals surface area contributed by atoms with Crippen LogP contribution in [-0.4, -0.2) is 24.7 Å². The zero-order chi connectivity index (χ0) is 9.60. The van der Waals surface area contributed by atoms with E-state index in [1.54, 1.807) is 0 Å². The normalized spacial score (nSPS) is 30.6. The molecule has 74 valence electrons. The molecule has 2 N–H and O–H groups in total. The highest BCUT2D eigenvalue weighted by atomic mass is 16.5. The number of benzene rings is 1. The second kappa shape index (κ2) is 2.72. The smallest absolute Gasteiger partial charge is 0.123 e. The number of hydrazine groups is 1. The van der Waals surface area contributed by atoms with Crippen LogP contribution in [0.5, 0.6) is 5.75 Å². The van der Waals surface area contributed by atoms with Crippen LogP contribution >= 0.6 is 0 Å². The van der Waals surface area contributed by atoms with Gasteiger partial charge in [0.05, 0.1) is 6.61 Å². The van der Waals surface area contributed by atoms with Gasteiger partial charge in [0, 0.05) is 24.1 Å². The molecule has 1 fully saturated rings. The van der Waals surface area contributed by atoms with Crippen molar-refractivity contribution < 1.29 is 4.74 Å². The summed E-state index contributed by atoms with van der Waals surface area (Å²) in [7, 11) is 0. The molecule has 0 amide bonds. The topological polar surface area (TPSA) is 38.5 Å². The summed E-state index contributed by atoms with van der Waals surface area (Å²) in [4.78, 5) is 0. The molecule has 1 spiro atoms. The van der Waals surface area contributed by atoms with E-state index < -0.39 is 0 Å². The minimum Gasteiger partial charge on any atom is -0.492 e. The Hall–Kier alpha value is -1.06. The molecule has 3 rings (SSSR count). The quantitative estimate of drug-likeness (QED) is 0.618. The van der Waals surface area contributed by atoms with Gasteiger partial charge in [0.25, 0.3) is 0 Å². The molecule has 3 nitrogen and oxygen atoms in total. The zero-order valence-corrected chi connectivity index (χ0v) is 8.07. The van der Waals surface area contributed by atoms with Crippen LogP contribution in [0.15, 0.2) is 24.3 Å². The van der Waals surface area contributed by atoms with Gasteiger partial charge in [-0.2, -0.15) is 0 Å². The van der Waals surface area contributed by atoms with Gasteiger partial charge in [-0.05, 0) is 12.5 Å². The van der Waals surface area contributed by atoms with E-state index in [0.29, 0.717) is 0 Å². The first kappa shape index (κ1) is 8.26. The van der Waals surface area contributed by atoms with E-state index in [0.717, 1.165) is 31.9 Å². The molecular weight excluding hydrogens is 176 g/mol. The molecule has 0 aliphatic carbocycles. The van der Waals surface area contributed by atoms with Gasteiger partial charge in [0.15, 0.2) is 0 Å². The summed E-state index contributed by atoms with van der Waals surface area (Å²) in [5.41, 5.74) is 1.51. The minimum absolute atomic E-state index is 0.172. The van der Waals surface area contributed by atoms with Crippen molar-refractivity contribution in [3.05, 3.63) is 29.8 Å². The van der Waals surface area contributed by atoms with Crippen LogP contribution < -0.4 is 10.6 Å². The van der Waals surface area contributed by atoms with Gasteiger partial charge in [0.2, 0.25) is 0 Å². The number of hydrogen-bond donors (Lipinski definition) is 1. The number of rotatable bonds is 0. The van der Waals surface area contributed by atoms with Crippen molar-refractivity contribution in [3.63, 3.8) is 0 Å². The molecule has 0 saturated carbocycles. The van der Waals surface area contributed by atoms with Crippen molar-refractivity contribution >= 4 is 0 Å². The first-order valence-electron chi connectivity index (χ1n) is 5.02. The Morgan fingerprint density at radius 3 is 3.00 bits per heavy atom. The predicted molar refractivity (Wildman–Crippen MR) is 54.0 cm³/mol. The van der Waals surface area contributed by atoms with Crippen molar-refractivity contribution in [2.75, 3.05) is 19.7 Å². The van der Waals surface area contributed by atoms with Gasteiger partial charge < -0.3 is 4.74 Å². The van der Waals surface area contributed by atoms with Crippen molar-refractivity contribution in [1.82, 2.24) is 5.01 Å². The molecule has 3 heteroatoms. The molecule has 2 aliphatic rings. The second-order valence-corrected chi connectivity index (χ2v) is 4.29. The highest BCUT2D eigenvalue weighted by molar-refractivity contribution is 5.44. The maximum absolute atomic E-state index is 5.82. The monoisotopic (exact) mass is 190 g/mol. The van der Waals surface area contributed by atoms with E-state index in [4.69, 9.17) is 10.6 Å². The van der Waals surface area contributed by atoms with Crippen molar-refractivity contribution in [3.8, 4) is 5.75 Å². The van der Waals surface area contributed by atoms with Crippen LogP contribution in [0.2, 0.25) is 0 Å². The maximum atomic E-state index is 5.82.